The van der Waals surface area contributed by atoms with E-state index in [1.807, 2.05) is 0 Å². The summed E-state index contributed by atoms with van der Waals surface area (Å²) in [5, 5.41) is 86.5. The molecule has 2 fully saturated rings. The van der Waals surface area contributed by atoms with E-state index >= 15 is 0 Å². The summed E-state index contributed by atoms with van der Waals surface area (Å²) in [4.78, 5) is 13.1. The minimum absolute atomic E-state index is 0.219. The highest BCUT2D eigenvalue weighted by Gasteiger charge is 2.51. The number of nitrogens with one attached hydrogen (secondary N) is 1. The van der Waals surface area contributed by atoms with Crippen LogP contribution in [0.4, 0.5) is 0 Å². The lowest BCUT2D eigenvalue weighted by Crippen LogP contribution is -2.65. The molecule has 2 saturated heterocycles. The van der Waals surface area contributed by atoms with Crippen molar-refractivity contribution in [1.82, 2.24) is 5.32 Å². The molecule has 342 valence electrons. The fourth-order valence-corrected chi connectivity index (χ4v) is 7.64. The van der Waals surface area contributed by atoms with Crippen molar-refractivity contribution in [2.45, 2.75) is 242 Å². The van der Waals surface area contributed by atoms with E-state index in [4.69, 9.17) is 18.9 Å². The molecule has 14 heteroatoms. The van der Waals surface area contributed by atoms with Crippen LogP contribution in [0.5, 0.6) is 0 Å². The molecule has 0 aromatic heterocycles. The first-order valence-electron chi connectivity index (χ1n) is 22.9. The SMILES string of the molecule is CCCCCCC/C=C\CCCCCCCC(=O)NC(COC1OC(CO)C(OC2OC(CO)C(O)C(O)C2O)C(O)C1O)C(O)CCCCCCCCCCCC. The summed E-state index contributed by atoms with van der Waals surface area (Å²) in [5.41, 5.74) is 0. The third kappa shape index (κ3) is 20.5. The zero-order chi connectivity index (χ0) is 42.5. The minimum atomic E-state index is -1.78. The molecule has 0 saturated carbocycles. The van der Waals surface area contributed by atoms with Gasteiger partial charge in [-0.05, 0) is 38.5 Å². The number of allylic oxidation sites excluding steroid dienone is 2. The first-order chi connectivity index (χ1) is 28.1. The molecule has 2 aliphatic heterocycles. The lowest BCUT2D eigenvalue weighted by molar-refractivity contribution is -0.359. The minimum Gasteiger partial charge on any atom is -0.394 e. The summed E-state index contributed by atoms with van der Waals surface area (Å²) in [6, 6.07) is -0.826. The largest absolute Gasteiger partial charge is 0.394 e. The standard InChI is InChI=1S/C44H83NO13/c1-3-5-7-9-11-13-15-16-17-18-20-22-24-26-28-36(49)45-32(33(48)27-25-23-21-19-14-12-10-8-6-4-2)31-55-43-41(54)39(52)42(35(30-47)57-43)58-44-40(53)38(51)37(50)34(29-46)56-44/h15-16,32-35,37-44,46-48,50-54H,3-14,17-31H2,1-2H3,(H,45,49)/b16-15-. The van der Waals surface area contributed by atoms with Crippen molar-refractivity contribution in [3.05, 3.63) is 12.2 Å². The molecule has 0 bridgehead atoms. The molecular formula is C44H83NO13. The van der Waals surface area contributed by atoms with Crippen LogP contribution in [0.1, 0.15) is 168 Å². The van der Waals surface area contributed by atoms with E-state index in [1.54, 1.807) is 0 Å². The van der Waals surface area contributed by atoms with Crippen molar-refractivity contribution < 1.29 is 64.6 Å². The van der Waals surface area contributed by atoms with E-state index in [0.717, 1.165) is 64.2 Å². The van der Waals surface area contributed by atoms with Crippen molar-refractivity contribution in [1.29, 1.82) is 0 Å². The number of aliphatic hydroxyl groups excluding tert-OH is 8. The number of hydrogen-bond donors (Lipinski definition) is 9. The number of aliphatic hydroxyl groups is 8. The monoisotopic (exact) mass is 834 g/mol. The highest BCUT2D eigenvalue weighted by molar-refractivity contribution is 5.76. The number of carbonyl (C=O) groups is 1. The molecule has 2 rings (SSSR count). The predicted molar refractivity (Wildman–Crippen MR) is 222 cm³/mol. The molecule has 12 atom stereocenters. The van der Waals surface area contributed by atoms with Crippen molar-refractivity contribution in [2.75, 3.05) is 19.8 Å². The number of unbranched alkanes of at least 4 members (excludes halogenated alkanes) is 19. The topological polar surface area (TPSA) is 228 Å². The summed E-state index contributed by atoms with van der Waals surface area (Å²) in [5.74, 6) is -0.219. The van der Waals surface area contributed by atoms with Crippen molar-refractivity contribution in [3.63, 3.8) is 0 Å². The molecule has 0 radical (unpaired) electrons. The van der Waals surface area contributed by atoms with Crippen LogP contribution in [-0.2, 0) is 23.7 Å². The van der Waals surface area contributed by atoms with E-state index < -0.39 is 86.8 Å². The van der Waals surface area contributed by atoms with Gasteiger partial charge in [-0.1, -0.05) is 135 Å². The van der Waals surface area contributed by atoms with Crippen LogP contribution in [0.3, 0.4) is 0 Å². The first-order valence-corrected chi connectivity index (χ1v) is 22.9. The zero-order valence-electron chi connectivity index (χ0n) is 35.8. The molecule has 12 unspecified atom stereocenters. The van der Waals surface area contributed by atoms with Gasteiger partial charge in [0.25, 0.3) is 0 Å². The second kappa shape index (κ2) is 32.4. The third-order valence-electron chi connectivity index (χ3n) is 11.5. The number of carbonyl (C=O) groups excluding carboxylic acids is 1. The van der Waals surface area contributed by atoms with E-state index in [-0.39, 0.29) is 12.5 Å². The summed E-state index contributed by atoms with van der Waals surface area (Å²) >= 11 is 0. The molecule has 0 aromatic carbocycles. The van der Waals surface area contributed by atoms with Gasteiger partial charge >= 0.3 is 0 Å². The molecule has 0 spiro atoms. The molecule has 58 heavy (non-hydrogen) atoms. The van der Waals surface area contributed by atoms with Gasteiger partial charge in [0.2, 0.25) is 5.91 Å². The van der Waals surface area contributed by atoms with Gasteiger partial charge in [-0.2, -0.15) is 0 Å². The molecule has 1 amide bonds. The lowest BCUT2D eigenvalue weighted by atomic mass is 9.97. The Morgan fingerprint density at radius 3 is 1.64 bits per heavy atom. The van der Waals surface area contributed by atoms with Crippen LogP contribution >= 0.6 is 0 Å². The number of amides is 1. The Hall–Kier alpha value is -1.27. The Labute approximate surface area is 348 Å². The highest BCUT2D eigenvalue weighted by Crippen LogP contribution is 2.30. The molecule has 2 heterocycles. The van der Waals surface area contributed by atoms with Crippen LogP contribution in [0.15, 0.2) is 12.2 Å². The first kappa shape index (κ1) is 52.9. The lowest BCUT2D eigenvalue weighted by Gasteiger charge is -2.46. The van der Waals surface area contributed by atoms with Crippen LogP contribution in [0, 0.1) is 0 Å². The van der Waals surface area contributed by atoms with Gasteiger partial charge in [-0.3, -0.25) is 4.79 Å². The fourth-order valence-electron chi connectivity index (χ4n) is 7.64. The number of rotatable bonds is 34. The predicted octanol–water partition coefficient (Wildman–Crippen LogP) is 4.43. The summed E-state index contributed by atoms with van der Waals surface area (Å²) in [6.07, 6.45) is 13.7. The van der Waals surface area contributed by atoms with Crippen molar-refractivity contribution >= 4 is 5.91 Å². The molecular weight excluding hydrogens is 750 g/mol. The van der Waals surface area contributed by atoms with Gasteiger partial charge in [-0.25, -0.2) is 0 Å². The van der Waals surface area contributed by atoms with E-state index in [2.05, 4.69) is 31.3 Å². The van der Waals surface area contributed by atoms with Crippen molar-refractivity contribution in [3.8, 4) is 0 Å². The Kier molecular flexibility index (Phi) is 29.6. The molecule has 0 aliphatic carbocycles. The quantitative estimate of drug-likeness (QED) is 0.0324. The molecule has 2 aliphatic rings. The Morgan fingerprint density at radius 2 is 1.09 bits per heavy atom. The Bertz CT molecular complexity index is 1040. The van der Waals surface area contributed by atoms with Gasteiger partial charge in [0.1, 0.15) is 48.8 Å². The Balaban J connectivity index is 1.88. The van der Waals surface area contributed by atoms with Crippen molar-refractivity contribution in [2.24, 2.45) is 0 Å². The van der Waals surface area contributed by atoms with Gasteiger partial charge in [0.05, 0.1) is 32.0 Å². The molecule has 14 nitrogen and oxygen atoms in total. The van der Waals surface area contributed by atoms with E-state index in [1.165, 1.54) is 70.6 Å². The maximum absolute atomic E-state index is 13.1. The normalized spacial score (nSPS) is 28.9. The average Bonchev–Trinajstić information content (AvgIpc) is 3.22. The third-order valence-corrected chi connectivity index (χ3v) is 11.5. The fraction of sp³-hybridized carbons (Fsp3) is 0.932. The van der Waals surface area contributed by atoms with Crippen LogP contribution in [0.25, 0.3) is 0 Å². The maximum Gasteiger partial charge on any atom is 0.220 e. The van der Waals surface area contributed by atoms with Crippen LogP contribution in [-0.4, -0.2) is 140 Å². The summed E-state index contributed by atoms with van der Waals surface area (Å²) in [7, 11) is 0. The Morgan fingerprint density at radius 1 is 0.603 bits per heavy atom. The second-order valence-corrected chi connectivity index (χ2v) is 16.5. The number of hydrogen-bond acceptors (Lipinski definition) is 13. The van der Waals surface area contributed by atoms with E-state index in [0.29, 0.717) is 19.3 Å². The van der Waals surface area contributed by atoms with Crippen LogP contribution < -0.4 is 5.32 Å². The van der Waals surface area contributed by atoms with Gasteiger partial charge in [-0.15, -0.1) is 0 Å². The average molecular weight is 834 g/mol. The van der Waals surface area contributed by atoms with E-state index in [9.17, 15) is 45.6 Å². The number of ether oxygens (including phenoxy) is 4. The van der Waals surface area contributed by atoms with Gasteiger partial charge < -0.3 is 65.1 Å². The van der Waals surface area contributed by atoms with Gasteiger partial charge in [0.15, 0.2) is 12.6 Å². The highest BCUT2D eigenvalue weighted by atomic mass is 16.7. The van der Waals surface area contributed by atoms with Crippen LogP contribution in [0.2, 0.25) is 0 Å². The maximum atomic E-state index is 13.1. The second-order valence-electron chi connectivity index (χ2n) is 16.5. The zero-order valence-corrected chi connectivity index (χ0v) is 35.8. The van der Waals surface area contributed by atoms with Gasteiger partial charge in [0, 0.05) is 6.42 Å². The summed E-state index contributed by atoms with van der Waals surface area (Å²) in [6.45, 7) is 2.79. The molecule has 0 aromatic rings. The summed E-state index contributed by atoms with van der Waals surface area (Å²) < 4.78 is 22.6. The smallest absolute Gasteiger partial charge is 0.220 e. The molecule has 9 N–H and O–H groups in total.